The number of methoxy groups -OCH3 is 2. The minimum atomic E-state index is -0.496. The van der Waals surface area contributed by atoms with Crippen molar-refractivity contribution in [3.8, 4) is 17.2 Å². The molecule has 140 valence electrons. The topological polar surface area (TPSA) is 70.8 Å². The summed E-state index contributed by atoms with van der Waals surface area (Å²) < 4.78 is 16.3. The lowest BCUT2D eigenvalue weighted by Crippen LogP contribution is -2.21. The molecule has 0 saturated carbocycles. The van der Waals surface area contributed by atoms with Crippen LogP contribution >= 0.6 is 0 Å². The summed E-state index contributed by atoms with van der Waals surface area (Å²) in [5.74, 6) is 1.77. The van der Waals surface area contributed by atoms with Gasteiger partial charge >= 0.3 is 0 Å². The summed E-state index contributed by atoms with van der Waals surface area (Å²) in [6.45, 7) is 6.45. The van der Waals surface area contributed by atoms with Crippen molar-refractivity contribution in [2.24, 2.45) is 11.1 Å². The molecule has 1 amide bonds. The van der Waals surface area contributed by atoms with Crippen molar-refractivity contribution in [2.75, 3.05) is 20.8 Å². The number of carbonyl (C=O) groups is 1. The van der Waals surface area contributed by atoms with Gasteiger partial charge in [-0.15, -0.1) is 0 Å². The number of benzene rings is 2. The highest BCUT2D eigenvalue weighted by molar-refractivity contribution is 5.75. The first-order chi connectivity index (χ1) is 12.3. The van der Waals surface area contributed by atoms with Crippen LogP contribution in [-0.2, 0) is 4.79 Å². The lowest BCUT2D eigenvalue weighted by Gasteiger charge is -2.33. The van der Waals surface area contributed by atoms with Crippen LogP contribution in [-0.4, -0.2) is 26.7 Å². The third-order valence-corrected chi connectivity index (χ3v) is 4.21. The quantitative estimate of drug-likeness (QED) is 0.819. The Balaban J connectivity index is 2.41. The second-order valence-corrected chi connectivity index (χ2v) is 7.23. The van der Waals surface area contributed by atoms with E-state index in [1.165, 1.54) is 0 Å². The van der Waals surface area contributed by atoms with E-state index < -0.39 is 5.91 Å². The molecule has 0 radical (unpaired) electrons. The Morgan fingerprint density at radius 3 is 2.12 bits per heavy atom. The molecule has 0 saturated heterocycles. The zero-order chi connectivity index (χ0) is 19.3. The smallest absolute Gasteiger partial charge is 0.255 e. The maximum absolute atomic E-state index is 10.9. The number of carbonyl (C=O) groups excluding carboxylic acids is 1. The van der Waals surface area contributed by atoms with Gasteiger partial charge in [-0.1, -0.05) is 39.0 Å². The summed E-state index contributed by atoms with van der Waals surface area (Å²) in [6.07, 6.45) is 0. The molecular formula is C21H27NO4. The Labute approximate surface area is 155 Å². The van der Waals surface area contributed by atoms with Crippen molar-refractivity contribution in [2.45, 2.75) is 26.7 Å². The van der Waals surface area contributed by atoms with Crippen LogP contribution in [0.15, 0.2) is 42.5 Å². The molecule has 1 unspecified atom stereocenters. The maximum Gasteiger partial charge on any atom is 0.255 e. The highest BCUT2D eigenvalue weighted by Crippen LogP contribution is 2.45. The van der Waals surface area contributed by atoms with Crippen LogP contribution in [0.5, 0.6) is 17.2 Å². The van der Waals surface area contributed by atoms with E-state index >= 15 is 0 Å². The fraction of sp³-hybridized carbons (Fsp3) is 0.381. The molecule has 5 nitrogen and oxygen atoms in total. The summed E-state index contributed by atoms with van der Waals surface area (Å²) in [5, 5.41) is 0. The second-order valence-electron chi connectivity index (χ2n) is 7.23. The first-order valence-corrected chi connectivity index (χ1v) is 8.49. The van der Waals surface area contributed by atoms with Crippen LogP contribution in [0.4, 0.5) is 0 Å². The third kappa shape index (κ3) is 4.69. The van der Waals surface area contributed by atoms with Crippen molar-refractivity contribution in [3.05, 3.63) is 53.6 Å². The molecule has 0 aliphatic heterocycles. The Morgan fingerprint density at radius 1 is 1.00 bits per heavy atom. The monoisotopic (exact) mass is 357 g/mol. The van der Waals surface area contributed by atoms with Gasteiger partial charge in [0, 0.05) is 17.5 Å². The summed E-state index contributed by atoms with van der Waals surface area (Å²) in [6, 6.07) is 13.6. The van der Waals surface area contributed by atoms with Gasteiger partial charge in [0.15, 0.2) is 6.61 Å². The van der Waals surface area contributed by atoms with Crippen LogP contribution in [0.1, 0.15) is 37.8 Å². The number of primary amides is 1. The van der Waals surface area contributed by atoms with E-state index in [0.29, 0.717) is 5.75 Å². The van der Waals surface area contributed by atoms with Gasteiger partial charge in [0.2, 0.25) is 0 Å². The van der Waals surface area contributed by atoms with E-state index in [-0.39, 0.29) is 17.9 Å². The van der Waals surface area contributed by atoms with Crippen molar-refractivity contribution in [3.63, 3.8) is 0 Å². The maximum atomic E-state index is 10.9. The number of hydrogen-bond acceptors (Lipinski definition) is 4. The molecule has 2 rings (SSSR count). The van der Waals surface area contributed by atoms with Gasteiger partial charge in [-0.25, -0.2) is 0 Å². The average Bonchev–Trinajstić information content (AvgIpc) is 2.60. The molecule has 0 aromatic heterocycles. The molecule has 2 N–H and O–H groups in total. The lowest BCUT2D eigenvalue weighted by atomic mass is 9.72. The van der Waals surface area contributed by atoms with E-state index in [9.17, 15) is 4.79 Å². The van der Waals surface area contributed by atoms with Gasteiger partial charge in [-0.2, -0.15) is 0 Å². The molecule has 26 heavy (non-hydrogen) atoms. The van der Waals surface area contributed by atoms with E-state index in [1.54, 1.807) is 14.2 Å². The summed E-state index contributed by atoms with van der Waals surface area (Å²) in [7, 11) is 3.30. The number of nitrogens with two attached hydrogens (primary N) is 1. The zero-order valence-electron chi connectivity index (χ0n) is 16.0. The minimum absolute atomic E-state index is 0.0442. The van der Waals surface area contributed by atoms with Crippen LogP contribution in [0.3, 0.4) is 0 Å². The normalized spacial score (nSPS) is 12.3. The van der Waals surface area contributed by atoms with E-state index in [0.717, 1.165) is 22.6 Å². The summed E-state index contributed by atoms with van der Waals surface area (Å²) in [4.78, 5) is 10.9. The molecule has 1 atom stereocenters. The summed E-state index contributed by atoms with van der Waals surface area (Å²) in [5.41, 5.74) is 7.30. The molecular weight excluding hydrogens is 330 g/mol. The van der Waals surface area contributed by atoms with Crippen molar-refractivity contribution in [1.82, 2.24) is 0 Å². The Bertz CT molecular complexity index is 748. The predicted octanol–water partition coefficient (Wildman–Crippen LogP) is 3.75. The minimum Gasteiger partial charge on any atom is -0.497 e. The van der Waals surface area contributed by atoms with Crippen LogP contribution in [0.25, 0.3) is 0 Å². The average molecular weight is 357 g/mol. The fourth-order valence-corrected chi connectivity index (χ4v) is 3.11. The molecule has 0 aliphatic rings. The van der Waals surface area contributed by atoms with Gasteiger partial charge in [0.1, 0.15) is 17.2 Å². The molecule has 0 bridgehead atoms. The molecule has 0 aliphatic carbocycles. The Hall–Kier alpha value is -2.69. The van der Waals surface area contributed by atoms with Crippen LogP contribution < -0.4 is 19.9 Å². The predicted molar refractivity (Wildman–Crippen MR) is 102 cm³/mol. The van der Waals surface area contributed by atoms with Crippen LogP contribution in [0, 0.1) is 5.41 Å². The lowest BCUT2D eigenvalue weighted by molar-refractivity contribution is -0.119. The van der Waals surface area contributed by atoms with Gasteiger partial charge in [-0.3, -0.25) is 4.79 Å². The van der Waals surface area contributed by atoms with E-state index in [1.807, 2.05) is 42.5 Å². The van der Waals surface area contributed by atoms with Gasteiger partial charge in [0.05, 0.1) is 14.2 Å². The number of rotatable bonds is 7. The van der Waals surface area contributed by atoms with Gasteiger partial charge < -0.3 is 19.9 Å². The summed E-state index contributed by atoms with van der Waals surface area (Å²) >= 11 is 0. The molecule has 2 aromatic rings. The van der Waals surface area contributed by atoms with Crippen molar-refractivity contribution in [1.29, 1.82) is 0 Å². The largest absolute Gasteiger partial charge is 0.497 e. The fourth-order valence-electron chi connectivity index (χ4n) is 3.11. The molecule has 0 spiro atoms. The van der Waals surface area contributed by atoms with Gasteiger partial charge in [0.25, 0.3) is 5.91 Å². The molecule has 5 heteroatoms. The molecule has 0 fully saturated rings. The number of ether oxygens (including phenoxy) is 3. The third-order valence-electron chi connectivity index (χ3n) is 4.21. The van der Waals surface area contributed by atoms with Gasteiger partial charge in [-0.05, 0) is 29.2 Å². The van der Waals surface area contributed by atoms with Crippen molar-refractivity contribution >= 4 is 5.91 Å². The zero-order valence-corrected chi connectivity index (χ0v) is 16.0. The van der Waals surface area contributed by atoms with Crippen molar-refractivity contribution < 1.29 is 19.0 Å². The highest BCUT2D eigenvalue weighted by atomic mass is 16.5. The van der Waals surface area contributed by atoms with Crippen LogP contribution in [0.2, 0.25) is 0 Å². The van der Waals surface area contributed by atoms with E-state index in [2.05, 4.69) is 20.8 Å². The molecule has 0 heterocycles. The second kappa shape index (κ2) is 8.13. The SMILES string of the molecule is COc1ccc(C(c2ccc(OCC(N)=O)cc2)C(C)(C)C)c(OC)c1. The standard InChI is InChI=1S/C21H27NO4/c1-21(2,3)20(17-11-10-16(24-4)12-18(17)25-5)14-6-8-15(9-7-14)26-13-19(22)23/h6-12,20H,13H2,1-5H3,(H2,22,23). The Kier molecular flexibility index (Phi) is 6.14. The van der Waals surface area contributed by atoms with E-state index in [4.69, 9.17) is 19.9 Å². The number of amides is 1. The first-order valence-electron chi connectivity index (χ1n) is 8.49. The Morgan fingerprint density at radius 2 is 1.62 bits per heavy atom. The highest BCUT2D eigenvalue weighted by Gasteiger charge is 2.30. The first kappa shape index (κ1) is 19.6. The molecule has 2 aromatic carbocycles. The number of hydrogen-bond donors (Lipinski definition) is 1.